The molecular formula is C13H15Cl2NO2. The van der Waals surface area contributed by atoms with Crippen LogP contribution in [0.25, 0.3) is 0 Å². The van der Waals surface area contributed by atoms with Gasteiger partial charge in [-0.25, -0.2) is 0 Å². The van der Waals surface area contributed by atoms with Gasteiger partial charge in [0.15, 0.2) is 0 Å². The molecule has 18 heavy (non-hydrogen) atoms. The van der Waals surface area contributed by atoms with E-state index in [4.69, 9.17) is 23.2 Å². The van der Waals surface area contributed by atoms with Crippen LogP contribution in [0.5, 0.6) is 0 Å². The highest BCUT2D eigenvalue weighted by Crippen LogP contribution is 2.27. The molecule has 0 bridgehead atoms. The van der Waals surface area contributed by atoms with Crippen LogP contribution in [0.15, 0.2) is 18.2 Å². The van der Waals surface area contributed by atoms with Gasteiger partial charge in [-0.15, -0.1) is 0 Å². The number of halogens is 2. The van der Waals surface area contributed by atoms with Crippen molar-refractivity contribution in [3.8, 4) is 0 Å². The van der Waals surface area contributed by atoms with Crippen LogP contribution < -0.4 is 0 Å². The summed E-state index contributed by atoms with van der Waals surface area (Å²) in [6, 6.07) is 4.83. The number of carboxylic acids is 1. The van der Waals surface area contributed by atoms with Crippen LogP contribution in [-0.2, 0) is 11.2 Å². The van der Waals surface area contributed by atoms with E-state index >= 15 is 0 Å². The van der Waals surface area contributed by atoms with Crippen molar-refractivity contribution in [2.75, 3.05) is 13.1 Å². The van der Waals surface area contributed by atoms with E-state index in [9.17, 15) is 9.90 Å². The van der Waals surface area contributed by atoms with E-state index in [0.717, 1.165) is 31.5 Å². The van der Waals surface area contributed by atoms with Gasteiger partial charge >= 0.3 is 5.97 Å². The summed E-state index contributed by atoms with van der Waals surface area (Å²) in [4.78, 5) is 13.4. The van der Waals surface area contributed by atoms with Crippen LogP contribution >= 0.6 is 23.2 Å². The summed E-state index contributed by atoms with van der Waals surface area (Å²) in [5.41, 5.74) is 0.795. The van der Waals surface area contributed by atoms with Crippen molar-refractivity contribution < 1.29 is 9.90 Å². The highest BCUT2D eigenvalue weighted by molar-refractivity contribution is 6.42. The molecule has 0 unspecified atom stereocenters. The molecule has 3 nitrogen and oxygen atoms in total. The Morgan fingerprint density at radius 3 is 2.61 bits per heavy atom. The van der Waals surface area contributed by atoms with Crippen LogP contribution in [-0.4, -0.2) is 35.1 Å². The van der Waals surface area contributed by atoms with Gasteiger partial charge in [0.2, 0.25) is 0 Å². The molecule has 98 valence electrons. The summed E-state index contributed by atoms with van der Waals surface area (Å²) < 4.78 is 0. The normalized spacial score (nSPS) is 17.9. The number of rotatable bonds is 4. The minimum absolute atomic E-state index is 0.398. The summed E-state index contributed by atoms with van der Waals surface area (Å²) in [6.07, 6.45) is 2.52. The van der Waals surface area contributed by atoms with Gasteiger partial charge in [-0.2, -0.15) is 0 Å². The number of carboxylic acid groups (broad SMARTS) is 1. The monoisotopic (exact) mass is 287 g/mol. The number of benzene rings is 1. The molecular weight excluding hydrogens is 273 g/mol. The maximum Gasteiger partial charge on any atom is 0.321 e. The number of hydrogen-bond donors (Lipinski definition) is 1. The molecule has 1 atom stereocenters. The first-order valence-electron chi connectivity index (χ1n) is 5.99. The number of hydrogen-bond acceptors (Lipinski definition) is 2. The quantitative estimate of drug-likeness (QED) is 0.925. The molecule has 1 aromatic carbocycles. The first-order valence-corrected chi connectivity index (χ1v) is 6.75. The zero-order valence-electron chi connectivity index (χ0n) is 9.90. The third-order valence-corrected chi connectivity index (χ3v) is 4.17. The Labute approximate surface area is 116 Å². The van der Waals surface area contributed by atoms with Gasteiger partial charge in [0.05, 0.1) is 10.0 Å². The van der Waals surface area contributed by atoms with E-state index in [1.54, 1.807) is 12.1 Å². The summed E-state index contributed by atoms with van der Waals surface area (Å²) in [5.74, 6) is -0.798. The van der Waals surface area contributed by atoms with Gasteiger partial charge in [-0.05, 0) is 37.6 Å². The minimum atomic E-state index is -0.798. The van der Waals surface area contributed by atoms with E-state index in [2.05, 4.69) is 0 Å². The standard InChI is InChI=1S/C13H15Cl2NO2/c14-10-5-3-4-9(12(10)15)8-11(13(17)18)16-6-1-2-7-16/h3-5,11H,1-2,6-8H2,(H,17,18)/t11-/m0/s1. The average molecular weight is 288 g/mol. The SMILES string of the molecule is O=C(O)[C@H](Cc1cccc(Cl)c1Cl)N1CCCC1. The third-order valence-electron chi connectivity index (χ3n) is 3.31. The smallest absolute Gasteiger partial charge is 0.321 e. The first-order chi connectivity index (χ1) is 8.59. The molecule has 1 aliphatic heterocycles. The molecule has 0 spiro atoms. The molecule has 0 aliphatic carbocycles. The molecule has 1 fully saturated rings. The van der Waals surface area contributed by atoms with E-state index in [-0.39, 0.29) is 0 Å². The van der Waals surface area contributed by atoms with Crippen LogP contribution in [0.2, 0.25) is 10.0 Å². The lowest BCUT2D eigenvalue weighted by molar-refractivity contribution is -0.142. The maximum absolute atomic E-state index is 11.4. The number of nitrogens with zero attached hydrogens (tertiary/aromatic N) is 1. The summed E-state index contributed by atoms with van der Waals surface area (Å²) in [7, 11) is 0. The van der Waals surface area contributed by atoms with Crippen LogP contribution in [0.3, 0.4) is 0 Å². The lowest BCUT2D eigenvalue weighted by atomic mass is 10.0. The molecule has 1 heterocycles. The predicted octanol–water partition coefficient (Wildman–Crippen LogP) is 3.08. The Morgan fingerprint density at radius 2 is 2.00 bits per heavy atom. The van der Waals surface area contributed by atoms with Crippen molar-refractivity contribution in [2.45, 2.75) is 25.3 Å². The molecule has 5 heteroatoms. The lowest BCUT2D eigenvalue weighted by Crippen LogP contribution is -2.40. The van der Waals surface area contributed by atoms with E-state index in [0.29, 0.717) is 16.5 Å². The van der Waals surface area contributed by atoms with Crippen molar-refractivity contribution in [1.29, 1.82) is 0 Å². The fraction of sp³-hybridized carbons (Fsp3) is 0.462. The third kappa shape index (κ3) is 2.97. The zero-order valence-corrected chi connectivity index (χ0v) is 11.4. The molecule has 0 aromatic heterocycles. The molecule has 1 saturated heterocycles. The highest BCUT2D eigenvalue weighted by atomic mass is 35.5. The van der Waals surface area contributed by atoms with Gasteiger partial charge in [-0.3, -0.25) is 9.69 Å². The van der Waals surface area contributed by atoms with Gasteiger partial charge in [0.1, 0.15) is 6.04 Å². The van der Waals surface area contributed by atoms with E-state index in [1.165, 1.54) is 0 Å². The lowest BCUT2D eigenvalue weighted by Gasteiger charge is -2.24. The van der Waals surface area contributed by atoms with E-state index in [1.807, 2.05) is 11.0 Å². The van der Waals surface area contributed by atoms with Crippen molar-refractivity contribution >= 4 is 29.2 Å². The van der Waals surface area contributed by atoms with Crippen molar-refractivity contribution in [1.82, 2.24) is 4.90 Å². The van der Waals surface area contributed by atoms with Crippen molar-refractivity contribution in [2.24, 2.45) is 0 Å². The number of likely N-dealkylation sites (tertiary alicyclic amines) is 1. The largest absolute Gasteiger partial charge is 0.480 e. The predicted molar refractivity (Wildman–Crippen MR) is 72.4 cm³/mol. The Hall–Kier alpha value is -0.770. The molecule has 0 radical (unpaired) electrons. The second kappa shape index (κ2) is 5.91. The Morgan fingerprint density at radius 1 is 1.33 bits per heavy atom. The maximum atomic E-state index is 11.4. The fourth-order valence-corrected chi connectivity index (χ4v) is 2.74. The second-order valence-corrected chi connectivity index (χ2v) is 5.30. The zero-order chi connectivity index (χ0) is 13.1. The van der Waals surface area contributed by atoms with Gasteiger partial charge in [0.25, 0.3) is 0 Å². The average Bonchev–Trinajstić information content (AvgIpc) is 2.84. The Balaban J connectivity index is 2.18. The van der Waals surface area contributed by atoms with E-state index < -0.39 is 12.0 Å². The van der Waals surface area contributed by atoms with Gasteiger partial charge in [-0.1, -0.05) is 35.3 Å². The molecule has 0 amide bonds. The van der Waals surface area contributed by atoms with Crippen LogP contribution in [0, 0.1) is 0 Å². The minimum Gasteiger partial charge on any atom is -0.480 e. The van der Waals surface area contributed by atoms with Crippen molar-refractivity contribution in [3.05, 3.63) is 33.8 Å². The molecule has 0 saturated carbocycles. The first kappa shape index (κ1) is 13.7. The molecule has 1 aliphatic rings. The van der Waals surface area contributed by atoms with Crippen molar-refractivity contribution in [3.63, 3.8) is 0 Å². The Kier molecular flexibility index (Phi) is 4.49. The Bertz CT molecular complexity index is 445. The summed E-state index contributed by atoms with van der Waals surface area (Å²) in [6.45, 7) is 1.68. The number of aliphatic carboxylic acids is 1. The van der Waals surface area contributed by atoms with Crippen LogP contribution in [0.4, 0.5) is 0 Å². The van der Waals surface area contributed by atoms with Crippen LogP contribution in [0.1, 0.15) is 18.4 Å². The molecule has 1 aromatic rings. The summed E-state index contributed by atoms with van der Waals surface area (Å²) >= 11 is 12.0. The topological polar surface area (TPSA) is 40.5 Å². The second-order valence-electron chi connectivity index (χ2n) is 4.51. The summed E-state index contributed by atoms with van der Waals surface area (Å²) in [5, 5.41) is 10.3. The van der Waals surface area contributed by atoms with Gasteiger partial charge < -0.3 is 5.11 Å². The molecule has 2 rings (SSSR count). The fourth-order valence-electron chi connectivity index (χ4n) is 2.34. The highest BCUT2D eigenvalue weighted by Gasteiger charge is 2.28. The molecule has 1 N–H and O–H groups in total. The number of carbonyl (C=O) groups is 1. The van der Waals surface area contributed by atoms with Gasteiger partial charge in [0, 0.05) is 6.42 Å².